The molecule has 0 N–H and O–H groups in total. The summed E-state index contributed by atoms with van der Waals surface area (Å²) in [6.07, 6.45) is 2.23. The number of carbonyl (C=O) groups is 1. The maximum Gasteiger partial charge on any atom is 0.137 e. The molecule has 1 aromatic rings. The van der Waals surface area contributed by atoms with Crippen molar-refractivity contribution in [2.75, 3.05) is 0 Å². The molecule has 0 aliphatic carbocycles. The predicted molar refractivity (Wildman–Crippen MR) is 92.0 cm³/mol. The molecule has 1 rings (SSSR count). The van der Waals surface area contributed by atoms with Gasteiger partial charge in [-0.3, -0.25) is 4.79 Å². The number of benzene rings is 1. The van der Waals surface area contributed by atoms with E-state index >= 15 is 0 Å². The SMILES string of the molecule is Cc1cc(C(C)(C)C)cc(C)c1CC(=O)CCC(C)(C)C. The van der Waals surface area contributed by atoms with Gasteiger partial charge in [0.1, 0.15) is 5.78 Å². The first kappa shape index (κ1) is 17.9. The van der Waals surface area contributed by atoms with E-state index in [2.05, 4.69) is 67.5 Å². The second-order valence-electron chi connectivity index (χ2n) is 8.61. The Balaban J connectivity index is 2.88. The van der Waals surface area contributed by atoms with Crippen LogP contribution >= 0.6 is 0 Å². The minimum Gasteiger partial charge on any atom is -0.299 e. The Kier molecular flexibility index (Phi) is 5.41. The van der Waals surface area contributed by atoms with Crippen LogP contribution in [-0.4, -0.2) is 5.78 Å². The third-order valence-electron chi connectivity index (χ3n) is 4.09. The van der Waals surface area contributed by atoms with Gasteiger partial charge in [-0.2, -0.15) is 0 Å². The number of hydrogen-bond donors (Lipinski definition) is 0. The predicted octanol–water partition coefficient (Wildman–Crippen LogP) is 5.54. The smallest absolute Gasteiger partial charge is 0.137 e. The van der Waals surface area contributed by atoms with Gasteiger partial charge in [0.15, 0.2) is 0 Å². The molecule has 21 heavy (non-hydrogen) atoms. The highest BCUT2D eigenvalue weighted by Crippen LogP contribution is 2.28. The fourth-order valence-corrected chi connectivity index (χ4v) is 2.51. The van der Waals surface area contributed by atoms with Gasteiger partial charge in [-0.05, 0) is 53.4 Å². The van der Waals surface area contributed by atoms with E-state index in [1.54, 1.807) is 0 Å². The van der Waals surface area contributed by atoms with Crippen LogP contribution < -0.4 is 0 Å². The molecule has 0 amide bonds. The van der Waals surface area contributed by atoms with Crippen molar-refractivity contribution in [2.45, 2.75) is 80.1 Å². The molecule has 0 bridgehead atoms. The molecular weight excluding hydrogens is 256 g/mol. The van der Waals surface area contributed by atoms with E-state index in [1.165, 1.54) is 22.3 Å². The molecular formula is C20H32O. The monoisotopic (exact) mass is 288 g/mol. The van der Waals surface area contributed by atoms with Gasteiger partial charge in [0.25, 0.3) is 0 Å². The normalized spacial score (nSPS) is 12.6. The van der Waals surface area contributed by atoms with Gasteiger partial charge in [0.2, 0.25) is 0 Å². The highest BCUT2D eigenvalue weighted by molar-refractivity contribution is 5.81. The zero-order valence-electron chi connectivity index (χ0n) is 15.2. The molecule has 118 valence electrons. The fourth-order valence-electron chi connectivity index (χ4n) is 2.51. The van der Waals surface area contributed by atoms with E-state index in [0.29, 0.717) is 18.6 Å². The lowest BCUT2D eigenvalue weighted by Gasteiger charge is -2.22. The summed E-state index contributed by atoms with van der Waals surface area (Å²) in [4.78, 5) is 12.2. The summed E-state index contributed by atoms with van der Waals surface area (Å²) in [6, 6.07) is 4.50. The average Bonchev–Trinajstić information content (AvgIpc) is 2.29. The van der Waals surface area contributed by atoms with Crippen LogP contribution in [0.25, 0.3) is 0 Å². The Morgan fingerprint density at radius 2 is 1.43 bits per heavy atom. The molecule has 0 atom stereocenters. The summed E-state index contributed by atoms with van der Waals surface area (Å²) in [5.74, 6) is 0.361. The quantitative estimate of drug-likeness (QED) is 0.711. The van der Waals surface area contributed by atoms with Gasteiger partial charge in [-0.1, -0.05) is 53.7 Å². The fraction of sp³-hybridized carbons (Fsp3) is 0.650. The molecule has 1 aromatic carbocycles. The molecule has 0 heterocycles. The van der Waals surface area contributed by atoms with Crippen molar-refractivity contribution in [3.05, 3.63) is 34.4 Å². The van der Waals surface area contributed by atoms with Crippen LogP contribution in [0, 0.1) is 19.3 Å². The molecule has 0 unspecified atom stereocenters. The van der Waals surface area contributed by atoms with Crippen molar-refractivity contribution < 1.29 is 4.79 Å². The lowest BCUT2D eigenvalue weighted by Crippen LogP contribution is -2.14. The zero-order chi connectivity index (χ0) is 16.4. The zero-order valence-corrected chi connectivity index (χ0v) is 15.2. The highest BCUT2D eigenvalue weighted by Gasteiger charge is 2.18. The molecule has 0 radical (unpaired) electrons. The summed E-state index contributed by atoms with van der Waals surface area (Å²) in [5.41, 5.74) is 5.47. The molecule has 1 nitrogen and oxygen atoms in total. The van der Waals surface area contributed by atoms with Gasteiger partial charge < -0.3 is 0 Å². The minimum atomic E-state index is 0.157. The number of ketones is 1. The first-order chi connectivity index (χ1) is 9.40. The Hall–Kier alpha value is -1.11. The number of carbonyl (C=O) groups excluding carboxylic acids is 1. The van der Waals surface area contributed by atoms with Crippen LogP contribution in [0.5, 0.6) is 0 Å². The lowest BCUT2D eigenvalue weighted by atomic mass is 9.82. The summed E-state index contributed by atoms with van der Waals surface area (Å²) in [6.45, 7) is 17.5. The topological polar surface area (TPSA) is 17.1 Å². The van der Waals surface area contributed by atoms with Crippen molar-refractivity contribution >= 4 is 5.78 Å². The van der Waals surface area contributed by atoms with Crippen molar-refractivity contribution in [3.8, 4) is 0 Å². The van der Waals surface area contributed by atoms with Gasteiger partial charge in [-0.25, -0.2) is 0 Å². The van der Waals surface area contributed by atoms with E-state index in [0.717, 1.165) is 6.42 Å². The third-order valence-corrected chi connectivity index (χ3v) is 4.09. The van der Waals surface area contributed by atoms with E-state index in [-0.39, 0.29) is 10.8 Å². The highest BCUT2D eigenvalue weighted by atomic mass is 16.1. The van der Waals surface area contributed by atoms with Crippen LogP contribution in [0.4, 0.5) is 0 Å². The Morgan fingerprint density at radius 1 is 0.952 bits per heavy atom. The van der Waals surface area contributed by atoms with Crippen LogP contribution in [0.15, 0.2) is 12.1 Å². The summed E-state index contributed by atoms with van der Waals surface area (Å²) in [5, 5.41) is 0. The minimum absolute atomic E-state index is 0.157. The first-order valence-corrected chi connectivity index (χ1v) is 8.02. The Morgan fingerprint density at radius 3 is 1.81 bits per heavy atom. The standard InChI is InChI=1S/C20H32O/c1-14-11-16(20(6,7)8)12-15(2)18(14)13-17(21)9-10-19(3,4)5/h11-12H,9-10,13H2,1-8H3. The van der Waals surface area contributed by atoms with E-state index < -0.39 is 0 Å². The third kappa shape index (κ3) is 5.65. The van der Waals surface area contributed by atoms with Gasteiger partial charge >= 0.3 is 0 Å². The summed E-state index contributed by atoms with van der Waals surface area (Å²) < 4.78 is 0. The average molecular weight is 288 g/mol. The first-order valence-electron chi connectivity index (χ1n) is 8.02. The number of hydrogen-bond acceptors (Lipinski definition) is 1. The molecule has 0 aliphatic heterocycles. The maximum absolute atomic E-state index is 12.2. The van der Waals surface area contributed by atoms with Crippen LogP contribution in [0.2, 0.25) is 0 Å². The van der Waals surface area contributed by atoms with Crippen molar-refractivity contribution in [3.63, 3.8) is 0 Å². The largest absolute Gasteiger partial charge is 0.299 e. The van der Waals surface area contributed by atoms with E-state index in [4.69, 9.17) is 0 Å². The summed E-state index contributed by atoms with van der Waals surface area (Å²) in [7, 11) is 0. The Labute approximate surface area is 131 Å². The lowest BCUT2D eigenvalue weighted by molar-refractivity contribution is -0.118. The molecule has 0 fully saturated rings. The van der Waals surface area contributed by atoms with Crippen LogP contribution in [0.3, 0.4) is 0 Å². The number of Topliss-reactive ketones (excluding diaryl/α,β-unsaturated/α-hetero) is 1. The molecule has 1 heteroatoms. The molecule has 0 aromatic heterocycles. The second kappa shape index (κ2) is 6.34. The van der Waals surface area contributed by atoms with Gasteiger partial charge in [-0.15, -0.1) is 0 Å². The van der Waals surface area contributed by atoms with E-state index in [1.807, 2.05) is 0 Å². The molecule has 0 aliphatic rings. The molecule has 0 saturated carbocycles. The van der Waals surface area contributed by atoms with E-state index in [9.17, 15) is 4.79 Å². The molecule has 0 saturated heterocycles. The Bertz CT molecular complexity index is 487. The number of aryl methyl sites for hydroxylation is 2. The number of rotatable bonds is 4. The van der Waals surface area contributed by atoms with Crippen molar-refractivity contribution in [1.82, 2.24) is 0 Å². The second-order valence-corrected chi connectivity index (χ2v) is 8.61. The van der Waals surface area contributed by atoms with Crippen molar-refractivity contribution in [2.24, 2.45) is 5.41 Å². The molecule has 0 spiro atoms. The van der Waals surface area contributed by atoms with Gasteiger partial charge in [0, 0.05) is 12.8 Å². The van der Waals surface area contributed by atoms with Crippen molar-refractivity contribution in [1.29, 1.82) is 0 Å². The summed E-state index contributed by atoms with van der Waals surface area (Å²) >= 11 is 0. The van der Waals surface area contributed by atoms with Crippen LogP contribution in [0.1, 0.15) is 76.6 Å². The van der Waals surface area contributed by atoms with Crippen LogP contribution in [-0.2, 0) is 16.6 Å². The van der Waals surface area contributed by atoms with Gasteiger partial charge in [0.05, 0.1) is 0 Å². The maximum atomic E-state index is 12.2.